The van der Waals surface area contributed by atoms with Crippen molar-refractivity contribution in [2.24, 2.45) is 0 Å². The second-order valence-electron chi connectivity index (χ2n) is 12.3. The molecule has 224 valence electrons. The Morgan fingerprint density at radius 1 is 0.574 bits per heavy atom. The molecule has 0 aliphatic rings. The molecular formula is C44H32N2O. The summed E-state index contributed by atoms with van der Waals surface area (Å²) in [5.41, 5.74) is 12.7. The van der Waals surface area contributed by atoms with Gasteiger partial charge >= 0.3 is 0 Å². The van der Waals surface area contributed by atoms with Gasteiger partial charge in [0.25, 0.3) is 0 Å². The zero-order chi connectivity index (χ0) is 34.1. The van der Waals surface area contributed by atoms with Crippen molar-refractivity contribution in [1.29, 1.82) is 0 Å². The Balaban J connectivity index is 1.22. The van der Waals surface area contributed by atoms with Crippen molar-refractivity contribution in [3.05, 3.63) is 156 Å². The minimum atomic E-state index is -2.12. The third-order valence-electron chi connectivity index (χ3n) is 9.32. The van der Waals surface area contributed by atoms with Crippen LogP contribution in [0.15, 0.2) is 144 Å². The van der Waals surface area contributed by atoms with Crippen molar-refractivity contribution in [1.82, 2.24) is 9.55 Å². The van der Waals surface area contributed by atoms with Crippen molar-refractivity contribution in [3.63, 3.8) is 0 Å². The first kappa shape index (κ1) is 24.3. The van der Waals surface area contributed by atoms with Crippen LogP contribution in [-0.4, -0.2) is 9.55 Å². The first-order valence-electron chi connectivity index (χ1n) is 17.4. The van der Waals surface area contributed by atoms with Gasteiger partial charge in [0.15, 0.2) is 0 Å². The lowest BCUT2D eigenvalue weighted by atomic mass is 9.98. The molecule has 0 aliphatic heterocycles. The van der Waals surface area contributed by atoms with Crippen LogP contribution >= 0.6 is 0 Å². The third kappa shape index (κ3) is 4.39. The Morgan fingerprint density at radius 2 is 1.28 bits per heavy atom. The summed E-state index contributed by atoms with van der Waals surface area (Å²) < 4.78 is 32.3. The maximum atomic E-state index is 7.71. The fraction of sp³-hybridized carbons (Fsp3) is 0.0682. The Kier molecular flexibility index (Phi) is 5.47. The fourth-order valence-electron chi connectivity index (χ4n) is 7.14. The molecule has 0 saturated heterocycles. The van der Waals surface area contributed by atoms with Gasteiger partial charge in [0.2, 0.25) is 0 Å². The number of hydrogen-bond donors (Lipinski definition) is 0. The molecule has 0 atom stereocenters. The van der Waals surface area contributed by atoms with E-state index in [-0.39, 0.29) is 0 Å². The van der Waals surface area contributed by atoms with Crippen molar-refractivity contribution in [2.75, 3.05) is 0 Å². The first-order valence-corrected chi connectivity index (χ1v) is 15.9. The van der Waals surface area contributed by atoms with E-state index in [0.29, 0.717) is 5.56 Å². The van der Waals surface area contributed by atoms with E-state index in [0.717, 1.165) is 71.9 Å². The summed E-state index contributed by atoms with van der Waals surface area (Å²) in [4.78, 5) is 5.24. The molecule has 0 spiro atoms. The number of para-hydroxylation sites is 3. The molecule has 9 rings (SSSR count). The minimum absolute atomic E-state index is 0.338. The predicted molar refractivity (Wildman–Crippen MR) is 196 cm³/mol. The van der Waals surface area contributed by atoms with Gasteiger partial charge < -0.3 is 4.42 Å². The van der Waals surface area contributed by atoms with Gasteiger partial charge in [-0.2, -0.15) is 0 Å². The fourth-order valence-corrected chi connectivity index (χ4v) is 7.14. The van der Waals surface area contributed by atoms with Gasteiger partial charge in [-0.3, -0.25) is 4.57 Å². The van der Waals surface area contributed by atoms with Crippen molar-refractivity contribution < 1.29 is 8.53 Å². The molecule has 2 aromatic heterocycles. The summed E-state index contributed by atoms with van der Waals surface area (Å²) in [7, 11) is 0. The lowest BCUT2D eigenvalue weighted by molar-refractivity contribution is 0.673. The third-order valence-corrected chi connectivity index (χ3v) is 9.32. The molecule has 2 heterocycles. The number of rotatable bonds is 4. The molecule has 0 fully saturated rings. The molecule has 0 N–H and O–H groups in total. The van der Waals surface area contributed by atoms with E-state index in [1.165, 1.54) is 22.3 Å². The zero-order valence-corrected chi connectivity index (χ0v) is 26.1. The van der Waals surface area contributed by atoms with Crippen LogP contribution < -0.4 is 0 Å². The quantitative estimate of drug-likeness (QED) is 0.199. The van der Waals surface area contributed by atoms with Crippen molar-refractivity contribution in [3.8, 4) is 39.3 Å². The molecule has 9 aromatic rings. The van der Waals surface area contributed by atoms with Gasteiger partial charge in [0, 0.05) is 20.3 Å². The smallest absolute Gasteiger partial charge is 0.149 e. The number of aromatic nitrogens is 2. The van der Waals surface area contributed by atoms with Crippen LogP contribution in [0.4, 0.5) is 0 Å². The van der Waals surface area contributed by atoms with E-state index in [1.54, 1.807) is 12.1 Å². The normalized spacial score (nSPS) is 12.9. The molecule has 0 aliphatic carbocycles. The van der Waals surface area contributed by atoms with Crippen LogP contribution in [0.3, 0.4) is 0 Å². The lowest BCUT2D eigenvalue weighted by Crippen LogP contribution is -2.03. The highest BCUT2D eigenvalue weighted by molar-refractivity contribution is 6.17. The maximum Gasteiger partial charge on any atom is 0.149 e. The SMILES string of the molecule is [2H]C([2H])([2H])c1ccc(-c2ccc3c(ccc4c5cccc(-c6nc7ccccc7n6-c6c(C)cc(-c7ccccc7)cc6C)c5oc34)c2)cc1. The number of nitrogens with zero attached hydrogens (tertiary/aromatic N) is 2. The largest absolute Gasteiger partial charge is 0.455 e. The number of fused-ring (bicyclic) bond motifs is 6. The Bertz CT molecular complexity index is 2730. The topological polar surface area (TPSA) is 31.0 Å². The summed E-state index contributed by atoms with van der Waals surface area (Å²) in [6.07, 6.45) is 0. The molecule has 0 saturated carbocycles. The van der Waals surface area contributed by atoms with Crippen LogP contribution in [0.2, 0.25) is 0 Å². The zero-order valence-electron chi connectivity index (χ0n) is 29.1. The summed E-state index contributed by atoms with van der Waals surface area (Å²) in [5.74, 6) is 0.835. The van der Waals surface area contributed by atoms with Gasteiger partial charge in [-0.05, 0) is 108 Å². The van der Waals surface area contributed by atoms with E-state index in [1.807, 2.05) is 24.3 Å². The van der Waals surface area contributed by atoms with E-state index in [4.69, 9.17) is 13.5 Å². The molecule has 7 aromatic carbocycles. The molecular weight excluding hydrogens is 572 g/mol. The van der Waals surface area contributed by atoms with E-state index in [2.05, 4.69) is 122 Å². The molecule has 3 nitrogen and oxygen atoms in total. The van der Waals surface area contributed by atoms with Gasteiger partial charge in [0.1, 0.15) is 17.0 Å². The number of imidazole rings is 1. The molecule has 3 heteroatoms. The monoisotopic (exact) mass is 607 g/mol. The van der Waals surface area contributed by atoms with E-state index in [9.17, 15) is 0 Å². The average Bonchev–Trinajstić information content (AvgIpc) is 3.70. The Morgan fingerprint density at radius 3 is 2.09 bits per heavy atom. The molecule has 0 radical (unpaired) electrons. The highest BCUT2D eigenvalue weighted by Crippen LogP contribution is 2.41. The minimum Gasteiger partial charge on any atom is -0.455 e. The Hall–Kier alpha value is -5.93. The highest BCUT2D eigenvalue weighted by atomic mass is 16.3. The summed E-state index contributed by atoms with van der Waals surface area (Å²) >= 11 is 0. The summed E-state index contributed by atoms with van der Waals surface area (Å²) in [6.45, 7) is 2.23. The van der Waals surface area contributed by atoms with Crippen LogP contribution in [-0.2, 0) is 0 Å². The number of benzene rings is 7. The van der Waals surface area contributed by atoms with Crippen LogP contribution in [0.5, 0.6) is 0 Å². The summed E-state index contributed by atoms with van der Waals surface area (Å²) in [6, 6.07) is 47.3. The van der Waals surface area contributed by atoms with E-state index < -0.39 is 6.85 Å². The van der Waals surface area contributed by atoms with Gasteiger partial charge in [-0.15, -0.1) is 0 Å². The Labute approximate surface area is 277 Å². The molecule has 0 unspecified atom stereocenters. The van der Waals surface area contributed by atoms with Crippen LogP contribution in [0.25, 0.3) is 83.1 Å². The first-order chi connectivity index (χ1) is 24.2. The van der Waals surface area contributed by atoms with Gasteiger partial charge in [0.05, 0.1) is 22.3 Å². The maximum absolute atomic E-state index is 7.71. The second-order valence-corrected chi connectivity index (χ2v) is 12.3. The molecule has 47 heavy (non-hydrogen) atoms. The van der Waals surface area contributed by atoms with Gasteiger partial charge in [-0.1, -0.05) is 96.6 Å². The van der Waals surface area contributed by atoms with Crippen LogP contribution in [0, 0.1) is 20.7 Å². The second kappa shape index (κ2) is 10.6. The van der Waals surface area contributed by atoms with E-state index >= 15 is 0 Å². The molecule has 0 bridgehead atoms. The number of furan rings is 1. The highest BCUT2D eigenvalue weighted by Gasteiger charge is 2.22. The number of hydrogen-bond acceptors (Lipinski definition) is 2. The average molecular weight is 608 g/mol. The standard InChI is InChI=1S/C44H32N2O/c1-27-16-18-31(19-17-27)32-20-22-35-33(26-32)21-23-37-36-12-9-13-38(43(36)47-42(35)37)44-45-39-14-7-8-15-40(39)46(44)41-28(2)24-34(25-29(41)3)30-10-5-4-6-11-30/h4-26H,1-3H3/i1D3. The van der Waals surface area contributed by atoms with Crippen molar-refractivity contribution in [2.45, 2.75) is 20.7 Å². The van der Waals surface area contributed by atoms with Crippen LogP contribution in [0.1, 0.15) is 20.8 Å². The lowest BCUT2D eigenvalue weighted by Gasteiger charge is -2.17. The summed E-state index contributed by atoms with van der Waals surface area (Å²) in [5, 5.41) is 4.15. The predicted octanol–water partition coefficient (Wildman–Crippen LogP) is 12.0. The number of aryl methyl sites for hydroxylation is 3. The van der Waals surface area contributed by atoms with Crippen molar-refractivity contribution >= 4 is 43.7 Å². The molecule has 0 amide bonds. The van der Waals surface area contributed by atoms with Gasteiger partial charge in [-0.25, -0.2) is 4.98 Å².